The van der Waals surface area contributed by atoms with E-state index >= 15 is 0 Å². The van der Waals surface area contributed by atoms with Gasteiger partial charge >= 0.3 is 0 Å². The van der Waals surface area contributed by atoms with Crippen molar-refractivity contribution < 1.29 is 14.2 Å². The number of aliphatic hydroxyl groups is 1. The summed E-state index contributed by atoms with van der Waals surface area (Å²) in [6, 6.07) is 9.56. The molecular weight excluding hydrogens is 302 g/mol. The SMILES string of the molecule is C[C@H](O)c1ccc(OCc2cccc(F)c2Cl)c(Cl)c1. The zero-order valence-electron chi connectivity index (χ0n) is 10.7. The summed E-state index contributed by atoms with van der Waals surface area (Å²) < 4.78 is 18.8. The van der Waals surface area contributed by atoms with Crippen LogP contribution < -0.4 is 4.74 Å². The molecule has 0 radical (unpaired) electrons. The first-order valence-electron chi connectivity index (χ1n) is 6.02. The minimum Gasteiger partial charge on any atom is -0.487 e. The number of halogens is 3. The summed E-state index contributed by atoms with van der Waals surface area (Å²) in [5.74, 6) is -0.0280. The van der Waals surface area contributed by atoms with Crippen molar-refractivity contribution >= 4 is 23.2 Å². The lowest BCUT2D eigenvalue weighted by Gasteiger charge is -2.11. The molecule has 106 valence electrons. The molecule has 0 aliphatic heterocycles. The van der Waals surface area contributed by atoms with Crippen LogP contribution in [0.25, 0.3) is 0 Å². The third kappa shape index (κ3) is 3.42. The van der Waals surface area contributed by atoms with Gasteiger partial charge in [0.1, 0.15) is 18.2 Å². The Morgan fingerprint density at radius 3 is 2.65 bits per heavy atom. The molecule has 0 bridgehead atoms. The molecule has 2 aromatic carbocycles. The summed E-state index contributed by atoms with van der Waals surface area (Å²) in [7, 11) is 0. The molecule has 1 atom stereocenters. The first-order valence-corrected chi connectivity index (χ1v) is 6.78. The molecule has 0 aromatic heterocycles. The Kier molecular flexibility index (Phi) is 4.86. The van der Waals surface area contributed by atoms with Crippen molar-refractivity contribution in [1.82, 2.24) is 0 Å². The average molecular weight is 315 g/mol. The van der Waals surface area contributed by atoms with Gasteiger partial charge in [-0.3, -0.25) is 0 Å². The third-order valence-electron chi connectivity index (χ3n) is 2.85. The van der Waals surface area contributed by atoms with E-state index in [1.165, 1.54) is 6.07 Å². The molecule has 0 heterocycles. The molecule has 0 fully saturated rings. The van der Waals surface area contributed by atoms with Crippen molar-refractivity contribution in [2.24, 2.45) is 0 Å². The van der Waals surface area contributed by atoms with Gasteiger partial charge in [-0.25, -0.2) is 4.39 Å². The highest BCUT2D eigenvalue weighted by molar-refractivity contribution is 6.32. The van der Waals surface area contributed by atoms with E-state index in [1.54, 1.807) is 37.3 Å². The van der Waals surface area contributed by atoms with E-state index in [4.69, 9.17) is 27.9 Å². The maximum absolute atomic E-state index is 13.3. The van der Waals surface area contributed by atoms with Gasteiger partial charge in [-0.2, -0.15) is 0 Å². The fourth-order valence-corrected chi connectivity index (χ4v) is 2.13. The maximum atomic E-state index is 13.3. The molecule has 2 aromatic rings. The highest BCUT2D eigenvalue weighted by Gasteiger charge is 2.09. The molecular formula is C15H13Cl2FO2. The number of hydrogen-bond donors (Lipinski definition) is 1. The molecule has 1 N–H and O–H groups in total. The average Bonchev–Trinajstić information content (AvgIpc) is 2.41. The van der Waals surface area contributed by atoms with E-state index in [0.717, 1.165) is 0 Å². The third-order valence-corrected chi connectivity index (χ3v) is 3.57. The van der Waals surface area contributed by atoms with Crippen molar-refractivity contribution in [3.05, 3.63) is 63.4 Å². The Labute approximate surface area is 126 Å². The van der Waals surface area contributed by atoms with Gasteiger partial charge in [0.05, 0.1) is 16.1 Å². The van der Waals surface area contributed by atoms with Gasteiger partial charge in [-0.15, -0.1) is 0 Å². The first-order chi connectivity index (χ1) is 9.49. The molecule has 5 heteroatoms. The van der Waals surface area contributed by atoms with Crippen molar-refractivity contribution in [2.75, 3.05) is 0 Å². The minimum absolute atomic E-state index is 0.0456. The number of ether oxygens (including phenoxy) is 1. The van der Waals surface area contributed by atoms with E-state index in [9.17, 15) is 9.50 Å². The van der Waals surface area contributed by atoms with Gasteiger partial charge < -0.3 is 9.84 Å². The monoisotopic (exact) mass is 314 g/mol. The predicted molar refractivity (Wildman–Crippen MR) is 77.8 cm³/mol. The van der Waals surface area contributed by atoms with E-state index in [1.807, 2.05) is 0 Å². The fourth-order valence-electron chi connectivity index (χ4n) is 1.71. The van der Waals surface area contributed by atoms with Crippen LogP contribution in [0.1, 0.15) is 24.2 Å². The predicted octanol–water partition coefficient (Wildman–Crippen LogP) is 4.76. The van der Waals surface area contributed by atoms with Crippen LogP contribution in [-0.4, -0.2) is 5.11 Å². The summed E-state index contributed by atoms with van der Waals surface area (Å²) in [4.78, 5) is 0. The van der Waals surface area contributed by atoms with E-state index in [2.05, 4.69) is 0 Å². The number of benzene rings is 2. The van der Waals surface area contributed by atoms with Crippen LogP contribution in [-0.2, 0) is 6.61 Å². The van der Waals surface area contributed by atoms with Crippen LogP contribution in [0.4, 0.5) is 4.39 Å². The smallest absolute Gasteiger partial charge is 0.142 e. The number of hydrogen-bond acceptors (Lipinski definition) is 2. The molecule has 2 nitrogen and oxygen atoms in total. The van der Waals surface area contributed by atoms with E-state index in [0.29, 0.717) is 21.9 Å². The highest BCUT2D eigenvalue weighted by atomic mass is 35.5. The largest absolute Gasteiger partial charge is 0.487 e. The molecule has 20 heavy (non-hydrogen) atoms. The molecule has 2 rings (SSSR count). The van der Waals surface area contributed by atoms with Gasteiger partial charge in [-0.05, 0) is 30.7 Å². The molecule has 0 saturated carbocycles. The Hall–Kier alpha value is -1.29. The van der Waals surface area contributed by atoms with Gasteiger partial charge in [0.2, 0.25) is 0 Å². The summed E-state index contributed by atoms with van der Waals surface area (Å²) in [6.45, 7) is 1.77. The zero-order valence-corrected chi connectivity index (χ0v) is 12.2. The zero-order chi connectivity index (χ0) is 14.7. The molecule has 0 saturated heterocycles. The Balaban J connectivity index is 2.13. The maximum Gasteiger partial charge on any atom is 0.142 e. The first kappa shape index (κ1) is 15.1. The summed E-state index contributed by atoms with van der Waals surface area (Å²) >= 11 is 11.9. The van der Waals surface area contributed by atoms with Crippen LogP contribution in [0.2, 0.25) is 10.0 Å². The van der Waals surface area contributed by atoms with E-state index in [-0.39, 0.29) is 11.6 Å². The van der Waals surface area contributed by atoms with Crippen molar-refractivity contribution in [1.29, 1.82) is 0 Å². The Bertz CT molecular complexity index is 615. The van der Waals surface area contributed by atoms with Crippen LogP contribution in [0.3, 0.4) is 0 Å². The molecule has 0 aliphatic carbocycles. The molecule has 0 spiro atoms. The van der Waals surface area contributed by atoms with Gasteiger partial charge in [0.15, 0.2) is 0 Å². The van der Waals surface area contributed by atoms with Crippen LogP contribution in [0.15, 0.2) is 36.4 Å². The normalized spacial score (nSPS) is 12.2. The van der Waals surface area contributed by atoms with Gasteiger partial charge in [-0.1, -0.05) is 41.4 Å². The number of rotatable bonds is 4. The van der Waals surface area contributed by atoms with Gasteiger partial charge in [0.25, 0.3) is 0 Å². The molecule has 0 unspecified atom stereocenters. The summed E-state index contributed by atoms with van der Waals surface area (Å²) in [5.41, 5.74) is 1.24. The standard InChI is InChI=1S/C15H13Cl2FO2/c1-9(19)10-5-6-14(12(16)7-10)20-8-11-3-2-4-13(18)15(11)17/h2-7,9,19H,8H2,1H3/t9-/m0/s1. The molecule has 0 aliphatic rings. The second-order valence-electron chi connectivity index (χ2n) is 4.37. The summed E-state index contributed by atoms with van der Waals surface area (Å²) in [6.07, 6.45) is -0.598. The quantitative estimate of drug-likeness (QED) is 0.881. The Morgan fingerprint density at radius 1 is 1.25 bits per heavy atom. The second-order valence-corrected chi connectivity index (χ2v) is 5.15. The van der Waals surface area contributed by atoms with Gasteiger partial charge in [0, 0.05) is 5.56 Å². The van der Waals surface area contributed by atoms with Crippen LogP contribution in [0.5, 0.6) is 5.75 Å². The van der Waals surface area contributed by atoms with Crippen LogP contribution in [0, 0.1) is 5.82 Å². The lowest BCUT2D eigenvalue weighted by molar-refractivity contribution is 0.199. The topological polar surface area (TPSA) is 29.5 Å². The van der Waals surface area contributed by atoms with Crippen molar-refractivity contribution in [3.8, 4) is 5.75 Å². The minimum atomic E-state index is -0.598. The lowest BCUT2D eigenvalue weighted by atomic mass is 10.1. The highest BCUT2D eigenvalue weighted by Crippen LogP contribution is 2.29. The Morgan fingerprint density at radius 2 is 2.00 bits per heavy atom. The fraction of sp³-hybridized carbons (Fsp3) is 0.200. The summed E-state index contributed by atoms with van der Waals surface area (Å²) in [5, 5.41) is 9.89. The van der Waals surface area contributed by atoms with Crippen molar-refractivity contribution in [3.63, 3.8) is 0 Å². The number of aliphatic hydroxyl groups excluding tert-OH is 1. The van der Waals surface area contributed by atoms with Crippen LogP contribution >= 0.6 is 23.2 Å². The van der Waals surface area contributed by atoms with Crippen molar-refractivity contribution in [2.45, 2.75) is 19.6 Å². The second kappa shape index (κ2) is 6.44. The lowest BCUT2D eigenvalue weighted by Crippen LogP contribution is -1.99. The molecule has 0 amide bonds. The van der Waals surface area contributed by atoms with E-state index < -0.39 is 11.9 Å².